The molecule has 0 bridgehead atoms. The van der Waals surface area contributed by atoms with Gasteiger partial charge in [0.2, 0.25) is 0 Å². The Labute approximate surface area is 105 Å². The highest BCUT2D eigenvalue weighted by atomic mass is 16.5. The van der Waals surface area contributed by atoms with Gasteiger partial charge < -0.3 is 10.5 Å². The summed E-state index contributed by atoms with van der Waals surface area (Å²) in [5.41, 5.74) is 8.51. The normalized spacial score (nSPS) is 12.8. The van der Waals surface area contributed by atoms with Gasteiger partial charge in [0.1, 0.15) is 5.75 Å². The van der Waals surface area contributed by atoms with Gasteiger partial charge >= 0.3 is 0 Å². The van der Waals surface area contributed by atoms with Gasteiger partial charge in [-0.15, -0.1) is 0 Å². The number of ether oxygens (including phenoxy) is 1. The van der Waals surface area contributed by atoms with Crippen LogP contribution in [0.2, 0.25) is 0 Å². The molecule has 1 aromatic carbocycles. The molecule has 17 heavy (non-hydrogen) atoms. The molecule has 1 atom stereocenters. The lowest BCUT2D eigenvalue weighted by Gasteiger charge is -2.26. The van der Waals surface area contributed by atoms with Crippen molar-refractivity contribution in [2.45, 2.75) is 39.5 Å². The van der Waals surface area contributed by atoms with Crippen molar-refractivity contribution >= 4 is 0 Å². The van der Waals surface area contributed by atoms with Crippen molar-refractivity contribution in [3.05, 3.63) is 29.3 Å². The summed E-state index contributed by atoms with van der Waals surface area (Å²) >= 11 is 0. The third-order valence-corrected chi connectivity index (χ3v) is 3.66. The Hall–Kier alpha value is -1.02. The van der Waals surface area contributed by atoms with Crippen molar-refractivity contribution in [1.29, 1.82) is 0 Å². The zero-order valence-electron chi connectivity index (χ0n) is 11.5. The molecule has 0 aliphatic heterocycles. The molecular weight excluding hydrogens is 210 g/mol. The van der Waals surface area contributed by atoms with E-state index in [1.807, 2.05) is 0 Å². The van der Waals surface area contributed by atoms with Crippen molar-refractivity contribution in [2.24, 2.45) is 11.7 Å². The summed E-state index contributed by atoms with van der Waals surface area (Å²) in [4.78, 5) is 0. The summed E-state index contributed by atoms with van der Waals surface area (Å²) in [6.07, 6.45) is 2.32. The van der Waals surface area contributed by atoms with E-state index in [0.717, 1.165) is 18.6 Å². The van der Waals surface area contributed by atoms with Crippen molar-refractivity contribution in [2.75, 3.05) is 13.7 Å². The average molecular weight is 235 g/mol. The summed E-state index contributed by atoms with van der Waals surface area (Å²) in [6, 6.07) is 6.35. The van der Waals surface area contributed by atoms with Crippen molar-refractivity contribution in [3.8, 4) is 5.75 Å². The molecule has 1 aromatic rings. The second-order valence-electron chi connectivity index (χ2n) is 4.66. The maximum Gasteiger partial charge on any atom is 0.122 e. The Morgan fingerprint density at radius 3 is 2.35 bits per heavy atom. The summed E-state index contributed by atoms with van der Waals surface area (Å²) in [5.74, 6) is 2.01. The van der Waals surface area contributed by atoms with Gasteiger partial charge in [-0.1, -0.05) is 44.4 Å². The van der Waals surface area contributed by atoms with Crippen molar-refractivity contribution in [1.82, 2.24) is 0 Å². The van der Waals surface area contributed by atoms with E-state index in [2.05, 4.69) is 39.0 Å². The van der Waals surface area contributed by atoms with Gasteiger partial charge in [0.25, 0.3) is 0 Å². The molecule has 0 aliphatic carbocycles. The first-order valence-electron chi connectivity index (χ1n) is 6.52. The molecule has 0 aliphatic rings. The zero-order valence-corrected chi connectivity index (χ0v) is 11.5. The number of nitrogens with two attached hydrogens (primary N) is 1. The third-order valence-electron chi connectivity index (χ3n) is 3.66. The Bertz CT molecular complexity index is 345. The Morgan fingerprint density at radius 1 is 1.24 bits per heavy atom. The van der Waals surface area contributed by atoms with Crippen LogP contribution in [-0.2, 0) is 0 Å². The van der Waals surface area contributed by atoms with Crippen LogP contribution in [0.5, 0.6) is 5.75 Å². The van der Waals surface area contributed by atoms with Crippen LogP contribution in [0.4, 0.5) is 0 Å². The fourth-order valence-electron chi connectivity index (χ4n) is 2.57. The number of hydrogen-bond acceptors (Lipinski definition) is 2. The fraction of sp³-hybridized carbons (Fsp3) is 0.600. The van der Waals surface area contributed by atoms with Gasteiger partial charge in [0, 0.05) is 5.92 Å². The fourth-order valence-corrected chi connectivity index (χ4v) is 2.57. The van der Waals surface area contributed by atoms with Crippen LogP contribution in [0.15, 0.2) is 18.2 Å². The van der Waals surface area contributed by atoms with Crippen LogP contribution in [-0.4, -0.2) is 13.7 Å². The number of aryl methyl sites for hydroxylation is 1. The molecule has 0 amide bonds. The second kappa shape index (κ2) is 6.65. The summed E-state index contributed by atoms with van der Waals surface area (Å²) < 4.78 is 5.47. The van der Waals surface area contributed by atoms with Crippen LogP contribution >= 0.6 is 0 Å². The Kier molecular flexibility index (Phi) is 5.49. The number of benzene rings is 1. The Balaban J connectivity index is 3.13. The van der Waals surface area contributed by atoms with Crippen molar-refractivity contribution in [3.63, 3.8) is 0 Å². The predicted octanol–water partition coefficient (Wildman–Crippen LogP) is 3.48. The lowest BCUT2D eigenvalue weighted by molar-refractivity contribution is 0.369. The molecule has 0 spiro atoms. The van der Waals surface area contributed by atoms with Gasteiger partial charge in [-0.05, 0) is 31.0 Å². The minimum atomic E-state index is 0.403. The van der Waals surface area contributed by atoms with E-state index in [0.29, 0.717) is 18.4 Å². The van der Waals surface area contributed by atoms with Gasteiger partial charge in [-0.25, -0.2) is 0 Å². The number of rotatable bonds is 6. The van der Waals surface area contributed by atoms with E-state index in [1.54, 1.807) is 7.11 Å². The van der Waals surface area contributed by atoms with Crippen LogP contribution in [0, 0.1) is 12.8 Å². The van der Waals surface area contributed by atoms with E-state index in [4.69, 9.17) is 10.5 Å². The lowest BCUT2D eigenvalue weighted by atomic mass is 9.82. The van der Waals surface area contributed by atoms with Crippen LogP contribution in [0.3, 0.4) is 0 Å². The minimum absolute atomic E-state index is 0.403. The van der Waals surface area contributed by atoms with Gasteiger partial charge in [0.15, 0.2) is 0 Å². The second-order valence-corrected chi connectivity index (χ2v) is 4.66. The summed E-state index contributed by atoms with van der Waals surface area (Å²) in [5, 5.41) is 0. The first kappa shape index (κ1) is 14.0. The van der Waals surface area contributed by atoms with Crippen molar-refractivity contribution < 1.29 is 4.74 Å². The molecule has 1 rings (SSSR count). The molecule has 0 fully saturated rings. The van der Waals surface area contributed by atoms with Crippen LogP contribution in [0.25, 0.3) is 0 Å². The zero-order chi connectivity index (χ0) is 12.8. The van der Waals surface area contributed by atoms with Gasteiger partial charge in [0.05, 0.1) is 7.11 Å². The molecule has 0 aromatic heterocycles. The first-order chi connectivity index (χ1) is 8.17. The largest absolute Gasteiger partial charge is 0.496 e. The summed E-state index contributed by atoms with van der Waals surface area (Å²) in [7, 11) is 1.73. The van der Waals surface area contributed by atoms with Gasteiger partial charge in [-0.3, -0.25) is 0 Å². The molecule has 2 nitrogen and oxygen atoms in total. The third kappa shape index (κ3) is 3.22. The number of hydrogen-bond donors (Lipinski definition) is 1. The smallest absolute Gasteiger partial charge is 0.122 e. The lowest BCUT2D eigenvalue weighted by Crippen LogP contribution is -2.21. The average Bonchev–Trinajstić information content (AvgIpc) is 2.35. The van der Waals surface area contributed by atoms with Crippen LogP contribution in [0.1, 0.15) is 43.7 Å². The Morgan fingerprint density at radius 2 is 1.88 bits per heavy atom. The van der Waals surface area contributed by atoms with E-state index in [9.17, 15) is 0 Å². The molecule has 96 valence electrons. The number of methoxy groups -OCH3 is 1. The quantitative estimate of drug-likeness (QED) is 0.819. The molecule has 1 unspecified atom stereocenters. The van der Waals surface area contributed by atoms with E-state index in [1.165, 1.54) is 11.1 Å². The highest BCUT2D eigenvalue weighted by molar-refractivity contribution is 5.40. The molecule has 0 heterocycles. The first-order valence-corrected chi connectivity index (χ1v) is 6.52. The predicted molar refractivity (Wildman–Crippen MR) is 73.6 cm³/mol. The molecule has 0 saturated heterocycles. The van der Waals surface area contributed by atoms with E-state index < -0.39 is 0 Å². The topological polar surface area (TPSA) is 35.2 Å². The van der Waals surface area contributed by atoms with E-state index in [-0.39, 0.29) is 0 Å². The molecule has 2 heteroatoms. The molecular formula is C15H25NO. The highest BCUT2D eigenvalue weighted by Crippen LogP contribution is 2.35. The summed E-state index contributed by atoms with van der Waals surface area (Å²) in [6.45, 7) is 7.27. The van der Waals surface area contributed by atoms with Crippen LogP contribution < -0.4 is 10.5 Å². The van der Waals surface area contributed by atoms with Gasteiger partial charge in [-0.2, -0.15) is 0 Å². The standard InChI is InChI=1S/C15H25NO/c1-5-12(6-2)14(10-16)13-9-11(3)7-8-15(13)17-4/h7-9,12,14H,5-6,10,16H2,1-4H3. The minimum Gasteiger partial charge on any atom is -0.496 e. The SMILES string of the molecule is CCC(CC)C(CN)c1cc(C)ccc1OC. The molecule has 2 N–H and O–H groups in total. The maximum absolute atomic E-state index is 5.97. The molecule has 0 saturated carbocycles. The monoisotopic (exact) mass is 235 g/mol. The maximum atomic E-state index is 5.97. The highest BCUT2D eigenvalue weighted by Gasteiger charge is 2.22. The molecule has 0 radical (unpaired) electrons. The van der Waals surface area contributed by atoms with E-state index >= 15 is 0 Å².